The van der Waals surface area contributed by atoms with Gasteiger partial charge < -0.3 is 5.32 Å². The third kappa shape index (κ3) is 3.95. The number of nitrogens with zero attached hydrogens (tertiary/aromatic N) is 2. The van der Waals surface area contributed by atoms with Crippen LogP contribution in [0.5, 0.6) is 0 Å². The number of nitrogens with one attached hydrogen (secondary N) is 1. The fourth-order valence-corrected chi connectivity index (χ4v) is 1.68. The van der Waals surface area contributed by atoms with Gasteiger partial charge in [-0.2, -0.15) is 5.10 Å². The number of benzene rings is 1. The summed E-state index contributed by atoms with van der Waals surface area (Å²) in [6.07, 6.45) is 10.6. The van der Waals surface area contributed by atoms with E-state index in [9.17, 15) is 4.79 Å². The van der Waals surface area contributed by atoms with Crippen molar-refractivity contribution in [1.82, 2.24) is 15.1 Å². The van der Waals surface area contributed by atoms with E-state index in [0.29, 0.717) is 6.54 Å². The van der Waals surface area contributed by atoms with Gasteiger partial charge in [0.25, 0.3) is 0 Å². The lowest BCUT2D eigenvalue weighted by molar-refractivity contribution is -0.116. The molecule has 0 aliphatic rings. The van der Waals surface area contributed by atoms with E-state index in [1.807, 2.05) is 55.6 Å². The third-order valence-electron chi connectivity index (χ3n) is 2.67. The molecule has 0 saturated carbocycles. The predicted molar refractivity (Wildman–Crippen MR) is 79.4 cm³/mol. The Morgan fingerprint density at radius 1 is 1.30 bits per heavy atom. The first kappa shape index (κ1) is 13.8. The lowest BCUT2D eigenvalue weighted by atomic mass is 10.3. The first-order valence-electron chi connectivity index (χ1n) is 6.46. The largest absolute Gasteiger partial charge is 0.348 e. The van der Waals surface area contributed by atoms with E-state index in [-0.39, 0.29) is 5.91 Å². The van der Waals surface area contributed by atoms with Crippen molar-refractivity contribution in [1.29, 1.82) is 0 Å². The second kappa shape index (κ2) is 7.09. The van der Waals surface area contributed by atoms with Crippen molar-refractivity contribution in [3.63, 3.8) is 0 Å². The number of aromatic nitrogens is 2. The maximum Gasteiger partial charge on any atom is 0.244 e. The Kier molecular flexibility index (Phi) is 4.89. The summed E-state index contributed by atoms with van der Waals surface area (Å²) < 4.78 is 1.79. The van der Waals surface area contributed by atoms with Gasteiger partial charge >= 0.3 is 0 Å². The van der Waals surface area contributed by atoms with Gasteiger partial charge in [0.1, 0.15) is 0 Å². The molecule has 1 heterocycles. The second-order valence-electron chi connectivity index (χ2n) is 4.23. The number of para-hydroxylation sites is 1. The number of carbonyl (C=O) groups is 1. The number of carbonyl (C=O) groups excluding carboxylic acids is 1. The molecule has 4 heteroatoms. The van der Waals surface area contributed by atoms with Gasteiger partial charge in [0.05, 0.1) is 11.9 Å². The first-order chi connectivity index (χ1) is 9.79. The van der Waals surface area contributed by atoms with Crippen LogP contribution in [0.2, 0.25) is 0 Å². The van der Waals surface area contributed by atoms with Crippen LogP contribution < -0.4 is 5.32 Å². The molecule has 0 atom stereocenters. The van der Waals surface area contributed by atoms with Gasteiger partial charge in [-0.15, -0.1) is 0 Å². The molecule has 102 valence electrons. The average Bonchev–Trinajstić information content (AvgIpc) is 2.95. The molecule has 1 amide bonds. The standard InChI is InChI=1S/C16H17N3O/c1-2-3-5-10-16(20)17-11-14-12-18-19(13-14)15-8-6-4-7-9-15/h2-10,12-13H,11H2,1H3,(H,17,20)/b3-2+,10-5+. The predicted octanol–water partition coefficient (Wildman–Crippen LogP) is 2.62. The quantitative estimate of drug-likeness (QED) is 0.668. The van der Waals surface area contributed by atoms with Crippen LogP contribution in [0, 0.1) is 0 Å². The fourth-order valence-electron chi connectivity index (χ4n) is 1.68. The monoisotopic (exact) mass is 267 g/mol. The molecule has 1 aromatic heterocycles. The van der Waals surface area contributed by atoms with Gasteiger partial charge in [0.15, 0.2) is 0 Å². The molecule has 0 fully saturated rings. The van der Waals surface area contributed by atoms with Crippen LogP contribution in [0.25, 0.3) is 5.69 Å². The van der Waals surface area contributed by atoms with Gasteiger partial charge in [-0.1, -0.05) is 36.4 Å². The molecule has 0 aliphatic carbocycles. The zero-order valence-electron chi connectivity index (χ0n) is 11.4. The van der Waals surface area contributed by atoms with E-state index in [2.05, 4.69) is 10.4 Å². The Hall–Kier alpha value is -2.62. The molecular formula is C16H17N3O. The van der Waals surface area contributed by atoms with E-state index in [0.717, 1.165) is 11.3 Å². The average molecular weight is 267 g/mol. The summed E-state index contributed by atoms with van der Waals surface area (Å²) in [4.78, 5) is 11.5. The Morgan fingerprint density at radius 3 is 2.85 bits per heavy atom. The Labute approximate surface area is 118 Å². The van der Waals surface area contributed by atoms with Crippen molar-refractivity contribution in [2.75, 3.05) is 0 Å². The molecule has 1 aromatic carbocycles. The van der Waals surface area contributed by atoms with Gasteiger partial charge in [0.2, 0.25) is 5.91 Å². The van der Waals surface area contributed by atoms with Crippen LogP contribution >= 0.6 is 0 Å². The van der Waals surface area contributed by atoms with Crippen LogP contribution in [0.1, 0.15) is 12.5 Å². The minimum atomic E-state index is -0.115. The summed E-state index contributed by atoms with van der Waals surface area (Å²) in [5.41, 5.74) is 1.96. The zero-order chi connectivity index (χ0) is 14.2. The zero-order valence-corrected chi connectivity index (χ0v) is 11.4. The molecule has 0 radical (unpaired) electrons. The van der Waals surface area contributed by atoms with Crippen molar-refractivity contribution < 1.29 is 4.79 Å². The molecule has 2 aromatic rings. The third-order valence-corrected chi connectivity index (χ3v) is 2.67. The molecule has 0 spiro atoms. The molecule has 20 heavy (non-hydrogen) atoms. The van der Waals surface area contributed by atoms with Crippen LogP contribution in [-0.2, 0) is 11.3 Å². The lowest BCUT2D eigenvalue weighted by Gasteiger charge is -2.00. The van der Waals surface area contributed by atoms with E-state index >= 15 is 0 Å². The Bertz CT molecular complexity index is 612. The topological polar surface area (TPSA) is 46.9 Å². The molecule has 0 unspecified atom stereocenters. The van der Waals surface area contributed by atoms with Gasteiger partial charge in [0, 0.05) is 24.4 Å². The highest BCUT2D eigenvalue weighted by Gasteiger charge is 2.01. The Morgan fingerprint density at radius 2 is 2.10 bits per heavy atom. The summed E-state index contributed by atoms with van der Waals surface area (Å²) in [6.45, 7) is 2.37. The second-order valence-corrected chi connectivity index (χ2v) is 4.23. The molecule has 2 rings (SSSR count). The normalized spacial score (nSPS) is 11.2. The molecule has 0 bridgehead atoms. The molecule has 0 aliphatic heterocycles. The number of amides is 1. The minimum Gasteiger partial charge on any atom is -0.348 e. The molecular weight excluding hydrogens is 250 g/mol. The van der Waals surface area contributed by atoms with Crippen molar-refractivity contribution in [2.45, 2.75) is 13.5 Å². The van der Waals surface area contributed by atoms with Gasteiger partial charge in [-0.25, -0.2) is 4.68 Å². The molecule has 0 saturated heterocycles. The summed E-state index contributed by atoms with van der Waals surface area (Å²) in [6, 6.07) is 9.85. The fraction of sp³-hybridized carbons (Fsp3) is 0.125. The minimum absolute atomic E-state index is 0.115. The van der Waals surface area contributed by atoms with Crippen LogP contribution in [0.15, 0.2) is 67.0 Å². The number of hydrogen-bond donors (Lipinski definition) is 1. The lowest BCUT2D eigenvalue weighted by Crippen LogP contribution is -2.19. The van der Waals surface area contributed by atoms with Crippen molar-refractivity contribution in [3.05, 3.63) is 72.6 Å². The van der Waals surface area contributed by atoms with Crippen LogP contribution in [0.3, 0.4) is 0 Å². The van der Waals surface area contributed by atoms with Crippen molar-refractivity contribution >= 4 is 5.91 Å². The molecule has 4 nitrogen and oxygen atoms in total. The van der Waals surface area contributed by atoms with Gasteiger partial charge in [-0.05, 0) is 19.1 Å². The maximum absolute atomic E-state index is 11.5. The number of hydrogen-bond acceptors (Lipinski definition) is 2. The van der Waals surface area contributed by atoms with Gasteiger partial charge in [-0.3, -0.25) is 4.79 Å². The van der Waals surface area contributed by atoms with Crippen molar-refractivity contribution in [2.24, 2.45) is 0 Å². The van der Waals surface area contributed by atoms with E-state index in [4.69, 9.17) is 0 Å². The number of allylic oxidation sites excluding steroid dienone is 3. The first-order valence-corrected chi connectivity index (χ1v) is 6.46. The highest BCUT2D eigenvalue weighted by atomic mass is 16.1. The highest BCUT2D eigenvalue weighted by molar-refractivity contribution is 5.87. The summed E-state index contributed by atoms with van der Waals surface area (Å²) in [7, 11) is 0. The van der Waals surface area contributed by atoms with E-state index in [1.165, 1.54) is 6.08 Å². The van der Waals surface area contributed by atoms with Crippen LogP contribution in [-0.4, -0.2) is 15.7 Å². The smallest absolute Gasteiger partial charge is 0.244 e. The summed E-state index contributed by atoms with van der Waals surface area (Å²) in [5, 5.41) is 7.09. The molecule has 1 N–H and O–H groups in total. The van der Waals surface area contributed by atoms with E-state index in [1.54, 1.807) is 17.0 Å². The maximum atomic E-state index is 11.5. The summed E-state index contributed by atoms with van der Waals surface area (Å²) in [5.74, 6) is -0.115. The van der Waals surface area contributed by atoms with Crippen molar-refractivity contribution in [3.8, 4) is 5.69 Å². The highest BCUT2D eigenvalue weighted by Crippen LogP contribution is 2.07. The van der Waals surface area contributed by atoms with E-state index < -0.39 is 0 Å². The summed E-state index contributed by atoms with van der Waals surface area (Å²) >= 11 is 0. The SMILES string of the molecule is C/C=C/C=C/C(=O)NCc1cnn(-c2ccccc2)c1. The number of rotatable bonds is 5. The Balaban J connectivity index is 1.92. The van der Waals surface area contributed by atoms with Crippen LogP contribution in [0.4, 0.5) is 0 Å².